The van der Waals surface area contributed by atoms with Gasteiger partial charge in [0.2, 0.25) is 5.91 Å². The van der Waals surface area contributed by atoms with Crippen molar-refractivity contribution in [3.05, 3.63) is 35.4 Å². The van der Waals surface area contributed by atoms with Gasteiger partial charge in [-0.05, 0) is 30.4 Å². The molecule has 0 aliphatic rings. The molecule has 140 valence electrons. The monoisotopic (exact) mass is 348 g/mol. The highest BCUT2D eigenvalue weighted by molar-refractivity contribution is 5.98. The van der Waals surface area contributed by atoms with Crippen molar-refractivity contribution in [3.63, 3.8) is 0 Å². The topological polar surface area (TPSA) is 58.6 Å². The fourth-order valence-electron chi connectivity index (χ4n) is 2.69. The third kappa shape index (κ3) is 6.50. The predicted octanol–water partition coefficient (Wildman–Crippen LogP) is 2.88. The van der Waals surface area contributed by atoms with Gasteiger partial charge in [0.15, 0.2) is 0 Å². The van der Waals surface area contributed by atoms with Crippen LogP contribution in [0.5, 0.6) is 0 Å². The van der Waals surface area contributed by atoms with Crippen LogP contribution >= 0.6 is 0 Å². The molecular formula is C20H32N2O3. The molecule has 0 saturated carbocycles. The zero-order chi connectivity index (χ0) is 19.0. The highest BCUT2D eigenvalue weighted by Crippen LogP contribution is 2.12. The van der Waals surface area contributed by atoms with Crippen LogP contribution in [0.3, 0.4) is 0 Å². The van der Waals surface area contributed by atoms with E-state index in [1.54, 1.807) is 18.1 Å². The molecule has 0 bridgehead atoms. The molecule has 1 unspecified atom stereocenters. The third-order valence-corrected chi connectivity index (χ3v) is 4.07. The largest absolute Gasteiger partial charge is 0.383 e. The second kappa shape index (κ2) is 10.2. The van der Waals surface area contributed by atoms with Crippen LogP contribution in [-0.4, -0.2) is 49.6 Å². The predicted molar refractivity (Wildman–Crippen MR) is 101 cm³/mol. The van der Waals surface area contributed by atoms with Gasteiger partial charge < -0.3 is 15.0 Å². The molecule has 0 aromatic heterocycles. The van der Waals surface area contributed by atoms with Gasteiger partial charge in [-0.15, -0.1) is 0 Å². The summed E-state index contributed by atoms with van der Waals surface area (Å²) in [5, 5.41) is 2.93. The molecule has 0 aliphatic heterocycles. The molecule has 0 spiro atoms. The van der Waals surface area contributed by atoms with E-state index < -0.39 is 6.04 Å². The Morgan fingerprint density at radius 1 is 1.16 bits per heavy atom. The average Bonchev–Trinajstić information content (AvgIpc) is 2.55. The summed E-state index contributed by atoms with van der Waals surface area (Å²) in [6.45, 7) is 11.6. The van der Waals surface area contributed by atoms with Crippen molar-refractivity contribution in [2.45, 2.75) is 40.7 Å². The summed E-state index contributed by atoms with van der Waals surface area (Å²) in [7, 11) is 1.62. The molecule has 0 radical (unpaired) electrons. The summed E-state index contributed by atoms with van der Waals surface area (Å²) < 4.78 is 5.13. The van der Waals surface area contributed by atoms with E-state index >= 15 is 0 Å². The molecule has 0 saturated heterocycles. The molecule has 1 aromatic carbocycles. The Morgan fingerprint density at radius 3 is 2.32 bits per heavy atom. The van der Waals surface area contributed by atoms with Crippen LogP contribution in [0.25, 0.3) is 0 Å². The number of rotatable bonds is 9. The molecule has 1 aromatic rings. The molecular weight excluding hydrogens is 316 g/mol. The summed E-state index contributed by atoms with van der Waals surface area (Å²) in [6.07, 6.45) is 0. The first-order chi connectivity index (χ1) is 11.8. The Labute approximate surface area is 151 Å². The van der Waals surface area contributed by atoms with E-state index in [0.717, 1.165) is 5.56 Å². The van der Waals surface area contributed by atoms with Crippen molar-refractivity contribution in [1.29, 1.82) is 0 Å². The van der Waals surface area contributed by atoms with E-state index in [2.05, 4.69) is 19.2 Å². The summed E-state index contributed by atoms with van der Waals surface area (Å²) in [5.74, 6) is 0.0856. The van der Waals surface area contributed by atoms with Gasteiger partial charge in [-0.2, -0.15) is 0 Å². The quantitative estimate of drug-likeness (QED) is 0.746. The number of ether oxygens (including phenoxy) is 1. The summed E-state index contributed by atoms with van der Waals surface area (Å²) in [6, 6.07) is 6.85. The van der Waals surface area contributed by atoms with Crippen LogP contribution in [0.1, 0.15) is 43.6 Å². The van der Waals surface area contributed by atoms with Crippen LogP contribution in [0.4, 0.5) is 0 Å². The zero-order valence-electron chi connectivity index (χ0n) is 16.3. The van der Waals surface area contributed by atoms with E-state index in [1.165, 1.54) is 0 Å². The number of nitrogens with one attached hydrogen (secondary N) is 1. The highest BCUT2D eigenvalue weighted by Gasteiger charge is 2.29. The molecule has 0 heterocycles. The van der Waals surface area contributed by atoms with Crippen LogP contribution in [0.15, 0.2) is 24.3 Å². The Kier molecular flexibility index (Phi) is 8.62. The van der Waals surface area contributed by atoms with Crippen molar-refractivity contribution in [2.75, 3.05) is 26.8 Å². The molecule has 1 rings (SSSR count). The number of methoxy groups -OCH3 is 1. The van der Waals surface area contributed by atoms with E-state index in [9.17, 15) is 9.59 Å². The minimum atomic E-state index is -0.553. The first-order valence-electron chi connectivity index (χ1n) is 8.92. The molecule has 1 atom stereocenters. The van der Waals surface area contributed by atoms with E-state index in [4.69, 9.17) is 4.74 Å². The van der Waals surface area contributed by atoms with Gasteiger partial charge in [0.05, 0.1) is 6.61 Å². The first kappa shape index (κ1) is 21.2. The van der Waals surface area contributed by atoms with Gasteiger partial charge in [0.1, 0.15) is 6.04 Å². The SMILES string of the molecule is COCCN(CC(C)C)C(=O)C(NC(=O)c1ccccc1C)C(C)C. The average molecular weight is 348 g/mol. The van der Waals surface area contributed by atoms with Gasteiger partial charge in [-0.3, -0.25) is 9.59 Å². The van der Waals surface area contributed by atoms with Crippen LogP contribution in [0, 0.1) is 18.8 Å². The molecule has 5 nitrogen and oxygen atoms in total. The van der Waals surface area contributed by atoms with Crippen molar-refractivity contribution in [2.24, 2.45) is 11.8 Å². The maximum Gasteiger partial charge on any atom is 0.252 e. The molecule has 0 fully saturated rings. The molecule has 0 aliphatic carbocycles. The summed E-state index contributed by atoms with van der Waals surface area (Å²) in [4.78, 5) is 27.5. The Hall–Kier alpha value is -1.88. The maximum absolute atomic E-state index is 13.0. The normalized spacial score (nSPS) is 12.3. The van der Waals surface area contributed by atoms with Crippen molar-refractivity contribution < 1.29 is 14.3 Å². The Morgan fingerprint density at radius 2 is 1.80 bits per heavy atom. The lowest BCUT2D eigenvalue weighted by molar-refractivity contribution is -0.135. The number of nitrogens with zero attached hydrogens (tertiary/aromatic N) is 1. The Bertz CT molecular complexity index is 570. The number of carbonyl (C=O) groups excluding carboxylic acids is 2. The molecule has 2 amide bonds. The molecule has 1 N–H and O–H groups in total. The number of aryl methyl sites for hydroxylation is 1. The minimum Gasteiger partial charge on any atom is -0.383 e. The number of hydrogen-bond donors (Lipinski definition) is 1. The number of carbonyl (C=O) groups is 2. The lowest BCUT2D eigenvalue weighted by atomic mass is 10.0. The fourth-order valence-corrected chi connectivity index (χ4v) is 2.69. The van der Waals surface area contributed by atoms with Gasteiger partial charge in [-0.25, -0.2) is 0 Å². The van der Waals surface area contributed by atoms with Gasteiger partial charge in [-0.1, -0.05) is 45.9 Å². The lowest BCUT2D eigenvalue weighted by Gasteiger charge is -2.31. The van der Waals surface area contributed by atoms with Gasteiger partial charge in [0.25, 0.3) is 5.91 Å². The highest BCUT2D eigenvalue weighted by atomic mass is 16.5. The number of benzene rings is 1. The maximum atomic E-state index is 13.0. The van der Waals surface area contributed by atoms with E-state index in [-0.39, 0.29) is 17.7 Å². The van der Waals surface area contributed by atoms with Crippen LogP contribution in [-0.2, 0) is 9.53 Å². The van der Waals surface area contributed by atoms with Crippen molar-refractivity contribution in [3.8, 4) is 0 Å². The number of amides is 2. The first-order valence-corrected chi connectivity index (χ1v) is 8.92. The number of hydrogen-bond acceptors (Lipinski definition) is 3. The van der Waals surface area contributed by atoms with E-state index in [0.29, 0.717) is 31.2 Å². The van der Waals surface area contributed by atoms with Crippen LogP contribution < -0.4 is 5.32 Å². The minimum absolute atomic E-state index is 0.00215. The molecule has 5 heteroatoms. The van der Waals surface area contributed by atoms with Crippen molar-refractivity contribution >= 4 is 11.8 Å². The fraction of sp³-hybridized carbons (Fsp3) is 0.600. The standard InChI is InChI=1S/C20H32N2O3/c1-14(2)13-22(11-12-25-6)20(24)18(15(3)4)21-19(23)17-10-8-7-9-16(17)5/h7-10,14-15,18H,11-13H2,1-6H3,(H,21,23). The summed E-state index contributed by atoms with van der Waals surface area (Å²) >= 11 is 0. The smallest absolute Gasteiger partial charge is 0.252 e. The summed E-state index contributed by atoms with van der Waals surface area (Å²) in [5.41, 5.74) is 1.50. The van der Waals surface area contributed by atoms with Crippen LogP contribution in [0.2, 0.25) is 0 Å². The van der Waals surface area contributed by atoms with Gasteiger partial charge >= 0.3 is 0 Å². The van der Waals surface area contributed by atoms with E-state index in [1.807, 2.05) is 39.0 Å². The zero-order valence-corrected chi connectivity index (χ0v) is 16.3. The second-order valence-corrected chi connectivity index (χ2v) is 7.18. The Balaban J connectivity index is 2.94. The van der Waals surface area contributed by atoms with Gasteiger partial charge in [0, 0.05) is 25.8 Å². The third-order valence-electron chi connectivity index (χ3n) is 4.07. The molecule has 25 heavy (non-hydrogen) atoms. The lowest BCUT2D eigenvalue weighted by Crippen LogP contribution is -2.52. The van der Waals surface area contributed by atoms with Crippen molar-refractivity contribution in [1.82, 2.24) is 10.2 Å². The second-order valence-electron chi connectivity index (χ2n) is 7.18.